The van der Waals surface area contributed by atoms with Gasteiger partial charge in [-0.15, -0.1) is 0 Å². The maximum atomic E-state index is 10.7. The Hall–Kier alpha value is -0.530. The highest BCUT2D eigenvalue weighted by atomic mass is 16.5. The Labute approximate surface area is 87.0 Å². The molecule has 0 aromatic heterocycles. The minimum absolute atomic E-state index is 0.158. The Balaban J connectivity index is 2.53. The maximum absolute atomic E-state index is 10.7. The molecule has 2 nitrogen and oxygen atoms in total. The fourth-order valence-electron chi connectivity index (χ4n) is 2.60. The number of rotatable bonds is 2. The molecule has 0 N–H and O–H groups in total. The van der Waals surface area contributed by atoms with Crippen LogP contribution in [0.5, 0.6) is 0 Å². The molecule has 0 radical (unpaired) electrons. The number of carbonyl (C=O) groups excluding carboxylic acids is 1. The van der Waals surface area contributed by atoms with E-state index in [0.717, 1.165) is 0 Å². The number of hydrogen-bond acceptors (Lipinski definition) is 2. The normalized spacial score (nSPS) is 35.6. The van der Waals surface area contributed by atoms with Crippen LogP contribution in [-0.2, 0) is 9.53 Å². The van der Waals surface area contributed by atoms with Gasteiger partial charge < -0.3 is 4.74 Å². The van der Waals surface area contributed by atoms with Gasteiger partial charge in [0.25, 0.3) is 0 Å². The van der Waals surface area contributed by atoms with Gasteiger partial charge in [-0.1, -0.05) is 27.7 Å². The predicted molar refractivity (Wildman–Crippen MR) is 56.8 cm³/mol. The highest BCUT2D eigenvalue weighted by Gasteiger charge is 2.43. The second kappa shape index (κ2) is 3.92. The van der Waals surface area contributed by atoms with Gasteiger partial charge in [-0.2, -0.15) is 0 Å². The van der Waals surface area contributed by atoms with Gasteiger partial charge >= 0.3 is 5.97 Å². The molecule has 2 heteroatoms. The molecule has 3 atom stereocenters. The Morgan fingerprint density at radius 1 is 1.43 bits per heavy atom. The summed E-state index contributed by atoms with van der Waals surface area (Å²) in [5, 5.41) is 0. The first-order valence-corrected chi connectivity index (χ1v) is 5.48. The molecule has 0 amide bonds. The minimum atomic E-state index is -0.158. The molecule has 0 spiro atoms. The quantitative estimate of drug-likeness (QED) is 0.638. The molecule has 82 valence electrons. The van der Waals surface area contributed by atoms with Gasteiger partial charge in [0.05, 0.1) is 6.61 Å². The molecule has 0 heterocycles. The summed E-state index contributed by atoms with van der Waals surface area (Å²) in [4.78, 5) is 10.7. The van der Waals surface area contributed by atoms with Gasteiger partial charge in [0, 0.05) is 6.92 Å². The summed E-state index contributed by atoms with van der Waals surface area (Å²) in [5.74, 6) is 1.76. The summed E-state index contributed by atoms with van der Waals surface area (Å²) in [5.41, 5.74) is 0.393. The van der Waals surface area contributed by atoms with E-state index < -0.39 is 0 Å². The van der Waals surface area contributed by atoms with Crippen molar-refractivity contribution in [1.29, 1.82) is 0 Å². The van der Waals surface area contributed by atoms with Crippen LogP contribution in [-0.4, -0.2) is 12.6 Å². The lowest BCUT2D eigenvalue weighted by molar-refractivity contribution is -0.142. The van der Waals surface area contributed by atoms with Crippen molar-refractivity contribution in [3.05, 3.63) is 0 Å². The topological polar surface area (TPSA) is 26.3 Å². The van der Waals surface area contributed by atoms with E-state index in [0.29, 0.717) is 29.8 Å². The van der Waals surface area contributed by atoms with Gasteiger partial charge in [-0.3, -0.25) is 4.79 Å². The van der Waals surface area contributed by atoms with E-state index in [4.69, 9.17) is 4.74 Å². The molecule has 1 aliphatic carbocycles. The molecule has 0 unspecified atom stereocenters. The average Bonchev–Trinajstić information content (AvgIpc) is 2.26. The molecule has 0 aliphatic heterocycles. The largest absolute Gasteiger partial charge is 0.466 e. The van der Waals surface area contributed by atoms with Gasteiger partial charge in [0.1, 0.15) is 0 Å². The fraction of sp³-hybridized carbons (Fsp3) is 0.917. The van der Waals surface area contributed by atoms with Crippen LogP contribution in [0.4, 0.5) is 0 Å². The van der Waals surface area contributed by atoms with Crippen LogP contribution in [0, 0.1) is 23.2 Å². The summed E-state index contributed by atoms with van der Waals surface area (Å²) in [7, 11) is 0. The third-order valence-electron chi connectivity index (χ3n) is 4.05. The van der Waals surface area contributed by atoms with Crippen LogP contribution in [0.15, 0.2) is 0 Å². The van der Waals surface area contributed by atoms with E-state index in [9.17, 15) is 4.79 Å². The zero-order chi connectivity index (χ0) is 10.9. The number of hydrogen-bond donors (Lipinski definition) is 0. The minimum Gasteiger partial charge on any atom is -0.466 e. The van der Waals surface area contributed by atoms with Crippen molar-refractivity contribution < 1.29 is 9.53 Å². The molecule has 1 saturated carbocycles. The highest BCUT2D eigenvalue weighted by Crippen LogP contribution is 2.49. The Morgan fingerprint density at radius 2 is 2.00 bits per heavy atom. The summed E-state index contributed by atoms with van der Waals surface area (Å²) in [6, 6.07) is 0. The summed E-state index contributed by atoms with van der Waals surface area (Å²) >= 11 is 0. The molecule has 1 rings (SSSR count). The smallest absolute Gasteiger partial charge is 0.302 e. The average molecular weight is 198 g/mol. The lowest BCUT2D eigenvalue weighted by atomic mass is 9.81. The zero-order valence-corrected chi connectivity index (χ0v) is 9.96. The number of carbonyl (C=O) groups is 1. The van der Waals surface area contributed by atoms with E-state index in [1.807, 2.05) is 0 Å². The number of ether oxygens (including phenoxy) is 1. The van der Waals surface area contributed by atoms with Crippen LogP contribution < -0.4 is 0 Å². The molecule has 1 aliphatic rings. The van der Waals surface area contributed by atoms with Crippen molar-refractivity contribution >= 4 is 5.97 Å². The van der Waals surface area contributed by atoms with Crippen LogP contribution in [0.3, 0.4) is 0 Å². The fourth-order valence-corrected chi connectivity index (χ4v) is 2.60. The monoisotopic (exact) mass is 198 g/mol. The summed E-state index contributed by atoms with van der Waals surface area (Å²) in [6.07, 6.45) is 1.17. The third-order valence-corrected chi connectivity index (χ3v) is 4.05. The van der Waals surface area contributed by atoms with Crippen molar-refractivity contribution in [2.75, 3.05) is 6.61 Å². The Bertz CT molecular complexity index is 220. The third kappa shape index (κ3) is 2.28. The predicted octanol–water partition coefficient (Wildman–Crippen LogP) is 2.87. The first kappa shape index (κ1) is 11.5. The van der Waals surface area contributed by atoms with Gasteiger partial charge in [-0.05, 0) is 29.6 Å². The van der Waals surface area contributed by atoms with Gasteiger partial charge in [0.2, 0.25) is 0 Å². The van der Waals surface area contributed by atoms with Crippen molar-refractivity contribution in [3.63, 3.8) is 0 Å². The van der Waals surface area contributed by atoms with Gasteiger partial charge in [0.15, 0.2) is 0 Å². The van der Waals surface area contributed by atoms with Crippen LogP contribution in [0.25, 0.3) is 0 Å². The van der Waals surface area contributed by atoms with E-state index in [1.54, 1.807) is 0 Å². The zero-order valence-electron chi connectivity index (χ0n) is 9.96. The van der Waals surface area contributed by atoms with Crippen molar-refractivity contribution in [2.45, 2.75) is 41.0 Å². The SMILES string of the molecule is CC(=O)OC[C@H]1CC(C)(C)[C@H](C)[C@@H]1C. The maximum Gasteiger partial charge on any atom is 0.302 e. The van der Waals surface area contributed by atoms with Crippen LogP contribution in [0.2, 0.25) is 0 Å². The molecule has 1 fully saturated rings. The second-order valence-electron chi connectivity index (χ2n) is 5.40. The Morgan fingerprint density at radius 3 is 2.36 bits per heavy atom. The van der Waals surface area contributed by atoms with E-state index in [-0.39, 0.29) is 5.97 Å². The van der Waals surface area contributed by atoms with Crippen molar-refractivity contribution in [3.8, 4) is 0 Å². The second-order valence-corrected chi connectivity index (χ2v) is 5.40. The van der Waals surface area contributed by atoms with Crippen molar-refractivity contribution in [1.82, 2.24) is 0 Å². The highest BCUT2D eigenvalue weighted by molar-refractivity contribution is 5.65. The lowest BCUT2D eigenvalue weighted by Gasteiger charge is -2.25. The van der Waals surface area contributed by atoms with E-state index in [2.05, 4.69) is 27.7 Å². The summed E-state index contributed by atoms with van der Waals surface area (Å²) in [6.45, 7) is 11.3. The van der Waals surface area contributed by atoms with Crippen LogP contribution >= 0.6 is 0 Å². The molecule has 14 heavy (non-hydrogen) atoms. The van der Waals surface area contributed by atoms with Gasteiger partial charge in [-0.25, -0.2) is 0 Å². The molecule has 0 saturated heterocycles. The lowest BCUT2D eigenvalue weighted by Crippen LogP contribution is -2.18. The molecular weight excluding hydrogens is 176 g/mol. The standard InChI is InChI=1S/C12H22O2/c1-8-9(2)12(4,5)6-11(8)7-14-10(3)13/h8-9,11H,6-7H2,1-5H3/t8-,9+,11+/m0/s1. The number of esters is 1. The van der Waals surface area contributed by atoms with E-state index >= 15 is 0 Å². The summed E-state index contributed by atoms with van der Waals surface area (Å²) < 4.78 is 5.10. The molecule has 0 aromatic rings. The first-order chi connectivity index (χ1) is 6.34. The van der Waals surface area contributed by atoms with Crippen molar-refractivity contribution in [2.24, 2.45) is 23.2 Å². The Kier molecular flexibility index (Phi) is 3.23. The molecule has 0 bridgehead atoms. The van der Waals surface area contributed by atoms with E-state index in [1.165, 1.54) is 13.3 Å². The molecular formula is C12H22O2. The first-order valence-electron chi connectivity index (χ1n) is 5.48. The van der Waals surface area contributed by atoms with Crippen LogP contribution in [0.1, 0.15) is 41.0 Å². The molecule has 0 aromatic carbocycles.